The van der Waals surface area contributed by atoms with Gasteiger partial charge < -0.3 is 19.7 Å². The van der Waals surface area contributed by atoms with Crippen molar-refractivity contribution in [1.29, 1.82) is 0 Å². The summed E-state index contributed by atoms with van der Waals surface area (Å²) in [5.41, 5.74) is 0. The largest absolute Gasteiger partial charge is 0.491 e. The lowest BCUT2D eigenvalue weighted by atomic mass is 9.94. The van der Waals surface area contributed by atoms with Crippen molar-refractivity contribution in [2.75, 3.05) is 46.5 Å². The van der Waals surface area contributed by atoms with Crippen molar-refractivity contribution in [3.05, 3.63) is 30.3 Å². The maximum absolute atomic E-state index is 9.06. The summed E-state index contributed by atoms with van der Waals surface area (Å²) in [5.74, 6) is 1.86. The second-order valence-corrected chi connectivity index (χ2v) is 5.87. The van der Waals surface area contributed by atoms with Crippen molar-refractivity contribution in [2.24, 2.45) is 5.92 Å². The van der Waals surface area contributed by atoms with Crippen LogP contribution in [-0.4, -0.2) is 57.8 Å². The number of carbonyl (C=O) groups excluding carboxylic acids is 1. The van der Waals surface area contributed by atoms with E-state index in [1.165, 1.54) is 32.4 Å². The van der Waals surface area contributed by atoms with E-state index >= 15 is 0 Å². The normalized spacial score (nSPS) is 14.3. The van der Waals surface area contributed by atoms with E-state index in [9.17, 15) is 0 Å². The Balaban J connectivity index is 0.000000920. The van der Waals surface area contributed by atoms with Crippen LogP contribution in [0.1, 0.15) is 40.0 Å². The van der Waals surface area contributed by atoms with Crippen LogP contribution in [0.5, 0.6) is 5.75 Å². The highest BCUT2D eigenvalue weighted by Crippen LogP contribution is 2.19. The zero-order chi connectivity index (χ0) is 19.5. The van der Waals surface area contributed by atoms with Gasteiger partial charge in [0.15, 0.2) is 0 Å². The van der Waals surface area contributed by atoms with Crippen LogP contribution in [0.15, 0.2) is 30.3 Å². The first-order valence-corrected chi connectivity index (χ1v) is 9.89. The van der Waals surface area contributed by atoms with Gasteiger partial charge in [-0.15, -0.1) is 0 Å². The Bertz CT molecular complexity index is 407. The molecule has 0 aromatic heterocycles. The van der Waals surface area contributed by atoms with Gasteiger partial charge in [-0.2, -0.15) is 0 Å². The summed E-state index contributed by atoms with van der Waals surface area (Å²) in [5, 5.41) is 2.25. The summed E-state index contributed by atoms with van der Waals surface area (Å²) in [7, 11) is 1.56. The third-order valence-corrected chi connectivity index (χ3v) is 4.19. The fourth-order valence-electron chi connectivity index (χ4n) is 2.65. The molecule has 26 heavy (non-hydrogen) atoms. The molecule has 1 saturated heterocycles. The third-order valence-electron chi connectivity index (χ3n) is 4.19. The predicted octanol–water partition coefficient (Wildman–Crippen LogP) is 3.59. The van der Waals surface area contributed by atoms with E-state index in [2.05, 4.69) is 17.1 Å². The van der Waals surface area contributed by atoms with Crippen molar-refractivity contribution < 1.29 is 14.3 Å². The Morgan fingerprint density at radius 2 is 1.73 bits per heavy atom. The molecule has 1 aromatic carbocycles. The highest BCUT2D eigenvalue weighted by molar-refractivity contribution is 5.44. The Morgan fingerprint density at radius 1 is 1.12 bits per heavy atom. The number of likely N-dealkylation sites (tertiary alicyclic amines) is 1. The maximum atomic E-state index is 9.06. The quantitative estimate of drug-likeness (QED) is 0.536. The number of piperidine rings is 1. The van der Waals surface area contributed by atoms with Crippen molar-refractivity contribution in [2.45, 2.75) is 40.0 Å². The van der Waals surface area contributed by atoms with Crippen LogP contribution in [-0.2, 0) is 9.53 Å². The average Bonchev–Trinajstić information content (AvgIpc) is 2.73. The molecule has 0 spiro atoms. The fourth-order valence-corrected chi connectivity index (χ4v) is 2.65. The predicted molar refractivity (Wildman–Crippen MR) is 109 cm³/mol. The number of ether oxygens (including phenoxy) is 2. The molecule has 0 bridgehead atoms. The molecule has 1 amide bonds. The van der Waals surface area contributed by atoms with Crippen molar-refractivity contribution in [3.8, 4) is 5.75 Å². The van der Waals surface area contributed by atoms with Crippen LogP contribution in [0, 0.1) is 5.92 Å². The van der Waals surface area contributed by atoms with E-state index in [0.717, 1.165) is 24.8 Å². The Morgan fingerprint density at radius 3 is 2.27 bits per heavy atom. The third kappa shape index (κ3) is 12.7. The molecule has 1 aliphatic rings. The van der Waals surface area contributed by atoms with E-state index < -0.39 is 0 Å². The zero-order valence-electron chi connectivity index (χ0n) is 17.1. The molecule has 0 aliphatic carbocycles. The molecule has 1 fully saturated rings. The van der Waals surface area contributed by atoms with E-state index in [4.69, 9.17) is 14.3 Å². The summed E-state index contributed by atoms with van der Waals surface area (Å²) < 4.78 is 11.2. The van der Waals surface area contributed by atoms with Gasteiger partial charge >= 0.3 is 0 Å². The molecule has 0 unspecified atom stereocenters. The molecule has 2 rings (SSSR count). The van der Waals surface area contributed by atoms with Gasteiger partial charge in [0.25, 0.3) is 0 Å². The van der Waals surface area contributed by atoms with Crippen LogP contribution < -0.4 is 10.1 Å². The lowest BCUT2D eigenvalue weighted by Crippen LogP contribution is -2.36. The minimum Gasteiger partial charge on any atom is -0.491 e. The van der Waals surface area contributed by atoms with Crippen molar-refractivity contribution in [1.82, 2.24) is 10.2 Å². The summed E-state index contributed by atoms with van der Waals surface area (Å²) in [6.45, 7) is 11.9. The molecule has 0 saturated carbocycles. The molecule has 0 atom stereocenters. The monoisotopic (exact) mass is 366 g/mol. The number of nitrogens with zero attached hydrogens (tertiary/aromatic N) is 1. The molecule has 150 valence electrons. The van der Waals surface area contributed by atoms with E-state index in [1.807, 2.05) is 44.2 Å². The van der Waals surface area contributed by atoms with Gasteiger partial charge in [0, 0.05) is 13.6 Å². The van der Waals surface area contributed by atoms with Crippen LogP contribution >= 0.6 is 0 Å². The molecular formula is C21H38N2O3. The number of benzene rings is 1. The van der Waals surface area contributed by atoms with Crippen LogP contribution in [0.4, 0.5) is 0 Å². The molecule has 1 N–H and O–H groups in total. The summed E-state index contributed by atoms with van der Waals surface area (Å²) >= 11 is 0. The average molecular weight is 367 g/mol. The van der Waals surface area contributed by atoms with Crippen molar-refractivity contribution >= 4 is 6.41 Å². The second kappa shape index (κ2) is 18.2. The van der Waals surface area contributed by atoms with Crippen LogP contribution in [0.2, 0.25) is 0 Å². The Hall–Kier alpha value is -1.59. The van der Waals surface area contributed by atoms with Gasteiger partial charge in [-0.05, 0) is 44.0 Å². The van der Waals surface area contributed by atoms with E-state index in [-0.39, 0.29) is 0 Å². The second-order valence-electron chi connectivity index (χ2n) is 5.87. The number of hydrogen-bond donors (Lipinski definition) is 1. The first-order chi connectivity index (χ1) is 12.8. The molecule has 5 heteroatoms. The Kier molecular flexibility index (Phi) is 17.1. The highest BCUT2D eigenvalue weighted by atomic mass is 16.5. The lowest BCUT2D eigenvalue weighted by Gasteiger charge is -2.31. The van der Waals surface area contributed by atoms with Gasteiger partial charge in [-0.25, -0.2) is 0 Å². The number of amides is 1. The molecule has 5 nitrogen and oxygen atoms in total. The molecule has 0 radical (unpaired) electrons. The van der Waals surface area contributed by atoms with Gasteiger partial charge in [0.05, 0.1) is 13.2 Å². The minimum atomic E-state index is 0.625. The first kappa shape index (κ1) is 24.4. The topological polar surface area (TPSA) is 50.8 Å². The number of nitrogens with one attached hydrogen (secondary N) is 1. The van der Waals surface area contributed by atoms with Crippen LogP contribution in [0.3, 0.4) is 0 Å². The number of hydrogen-bond acceptors (Lipinski definition) is 4. The minimum absolute atomic E-state index is 0.625. The van der Waals surface area contributed by atoms with Crippen molar-refractivity contribution in [3.63, 3.8) is 0 Å². The number of para-hydroxylation sites is 1. The van der Waals surface area contributed by atoms with Gasteiger partial charge in [0.1, 0.15) is 12.4 Å². The molecule has 1 aliphatic heterocycles. The smallest absolute Gasteiger partial charge is 0.206 e. The lowest BCUT2D eigenvalue weighted by molar-refractivity contribution is -0.109. The molecule has 1 aromatic rings. The van der Waals surface area contributed by atoms with Crippen LogP contribution in [0.25, 0.3) is 0 Å². The number of carbonyl (C=O) groups is 1. The van der Waals surface area contributed by atoms with Gasteiger partial charge in [0.2, 0.25) is 6.41 Å². The zero-order valence-corrected chi connectivity index (χ0v) is 17.1. The molecular weight excluding hydrogens is 328 g/mol. The first-order valence-electron chi connectivity index (χ1n) is 9.89. The number of rotatable bonds is 9. The fraction of sp³-hybridized carbons (Fsp3) is 0.667. The summed E-state index contributed by atoms with van der Waals surface area (Å²) in [4.78, 5) is 11.6. The Labute approximate surface area is 160 Å². The highest BCUT2D eigenvalue weighted by Gasteiger charge is 2.16. The summed E-state index contributed by atoms with van der Waals surface area (Å²) in [6.07, 6.45) is 4.67. The summed E-state index contributed by atoms with van der Waals surface area (Å²) in [6, 6.07) is 9.90. The standard InChI is InChI=1S/C17H27NO2.C2H5NO.C2H6/c1-2-16-8-10-18(11-9-16)12-13-19-14-15-20-17-6-4-3-5-7-17;1-3-2-4;1-2/h3-7,16H,2,8-15H2,1H3;2H,1H3,(H,3,4);1-2H3. The maximum Gasteiger partial charge on any atom is 0.206 e. The van der Waals surface area contributed by atoms with Gasteiger partial charge in [-0.3, -0.25) is 4.79 Å². The SMILES string of the molecule is CC.CCC1CCN(CCOCCOc2ccccc2)CC1.CNC=O. The molecule has 1 heterocycles. The van der Waals surface area contributed by atoms with E-state index in [1.54, 1.807) is 7.05 Å². The van der Waals surface area contributed by atoms with E-state index in [0.29, 0.717) is 19.6 Å². The van der Waals surface area contributed by atoms with Gasteiger partial charge in [-0.1, -0.05) is 45.4 Å².